The smallest absolute Gasteiger partial charge is 0.267 e. The van der Waals surface area contributed by atoms with Crippen molar-refractivity contribution < 1.29 is 14.3 Å². The van der Waals surface area contributed by atoms with Gasteiger partial charge in [0.25, 0.3) is 11.5 Å². The van der Waals surface area contributed by atoms with Crippen LogP contribution in [0, 0.1) is 6.92 Å². The quantitative estimate of drug-likeness (QED) is 0.785. The molecule has 0 saturated carbocycles. The van der Waals surface area contributed by atoms with Crippen LogP contribution in [0.3, 0.4) is 0 Å². The third-order valence-electron chi connectivity index (χ3n) is 4.54. The SMILES string of the molecule is COc1ccc(C(=O)N2CCN(C(=O)Cn3nc(C)ccc3=O)CC2)cc1. The van der Waals surface area contributed by atoms with Crippen LogP contribution in [0.5, 0.6) is 5.75 Å². The molecule has 0 atom stereocenters. The van der Waals surface area contributed by atoms with E-state index in [9.17, 15) is 14.4 Å². The van der Waals surface area contributed by atoms with E-state index in [1.165, 1.54) is 10.7 Å². The molecule has 0 aliphatic carbocycles. The summed E-state index contributed by atoms with van der Waals surface area (Å²) in [4.78, 5) is 40.2. The Hall–Kier alpha value is -3.16. The minimum absolute atomic E-state index is 0.0682. The highest BCUT2D eigenvalue weighted by atomic mass is 16.5. The van der Waals surface area contributed by atoms with Gasteiger partial charge in [-0.3, -0.25) is 14.4 Å². The minimum Gasteiger partial charge on any atom is -0.497 e. The van der Waals surface area contributed by atoms with Gasteiger partial charge in [-0.15, -0.1) is 0 Å². The van der Waals surface area contributed by atoms with Crippen molar-refractivity contribution in [1.82, 2.24) is 19.6 Å². The molecule has 2 heterocycles. The lowest BCUT2D eigenvalue weighted by Crippen LogP contribution is -2.51. The van der Waals surface area contributed by atoms with E-state index >= 15 is 0 Å². The Balaban J connectivity index is 1.57. The number of benzene rings is 1. The van der Waals surface area contributed by atoms with Crippen LogP contribution in [0.4, 0.5) is 0 Å². The molecule has 1 aliphatic heterocycles. The number of aromatic nitrogens is 2. The van der Waals surface area contributed by atoms with Gasteiger partial charge < -0.3 is 14.5 Å². The first kappa shape index (κ1) is 18.6. The average molecular weight is 370 g/mol. The maximum Gasteiger partial charge on any atom is 0.267 e. The lowest BCUT2D eigenvalue weighted by Gasteiger charge is -2.34. The largest absolute Gasteiger partial charge is 0.497 e. The summed E-state index contributed by atoms with van der Waals surface area (Å²) >= 11 is 0. The van der Waals surface area contributed by atoms with E-state index in [-0.39, 0.29) is 23.9 Å². The fourth-order valence-corrected chi connectivity index (χ4v) is 2.97. The molecule has 1 aromatic carbocycles. The number of amides is 2. The number of rotatable bonds is 4. The van der Waals surface area contributed by atoms with Crippen LogP contribution < -0.4 is 10.3 Å². The lowest BCUT2D eigenvalue weighted by molar-refractivity contribution is -0.133. The van der Waals surface area contributed by atoms with Gasteiger partial charge >= 0.3 is 0 Å². The van der Waals surface area contributed by atoms with Gasteiger partial charge in [-0.1, -0.05) is 0 Å². The molecule has 3 rings (SSSR count). The normalized spacial score (nSPS) is 14.1. The van der Waals surface area contributed by atoms with E-state index in [1.54, 1.807) is 54.2 Å². The number of ether oxygens (including phenoxy) is 1. The highest BCUT2D eigenvalue weighted by Crippen LogP contribution is 2.14. The third kappa shape index (κ3) is 4.33. The number of hydrogen-bond donors (Lipinski definition) is 0. The Bertz CT molecular complexity index is 883. The fraction of sp³-hybridized carbons (Fsp3) is 0.368. The highest BCUT2D eigenvalue weighted by molar-refractivity contribution is 5.94. The molecule has 0 unspecified atom stereocenters. The average Bonchev–Trinajstić information content (AvgIpc) is 2.70. The van der Waals surface area contributed by atoms with Crippen molar-refractivity contribution in [3.05, 3.63) is 58.0 Å². The zero-order valence-electron chi connectivity index (χ0n) is 15.4. The van der Waals surface area contributed by atoms with Crippen molar-refractivity contribution in [2.24, 2.45) is 0 Å². The first-order valence-corrected chi connectivity index (χ1v) is 8.74. The predicted octanol–water partition coefficient (Wildman–Crippen LogP) is 0.545. The number of hydrogen-bond acceptors (Lipinski definition) is 5. The summed E-state index contributed by atoms with van der Waals surface area (Å²) in [6, 6.07) is 9.98. The van der Waals surface area contributed by atoms with Gasteiger partial charge in [0.1, 0.15) is 12.3 Å². The second-order valence-electron chi connectivity index (χ2n) is 6.37. The van der Waals surface area contributed by atoms with Gasteiger partial charge in [0.15, 0.2) is 0 Å². The number of nitrogens with zero attached hydrogens (tertiary/aromatic N) is 4. The Morgan fingerprint density at radius 2 is 1.63 bits per heavy atom. The molecule has 27 heavy (non-hydrogen) atoms. The summed E-state index contributed by atoms with van der Waals surface area (Å²) < 4.78 is 6.27. The van der Waals surface area contributed by atoms with E-state index < -0.39 is 0 Å². The van der Waals surface area contributed by atoms with E-state index in [0.29, 0.717) is 43.2 Å². The highest BCUT2D eigenvalue weighted by Gasteiger charge is 2.25. The predicted molar refractivity (Wildman–Crippen MR) is 98.7 cm³/mol. The van der Waals surface area contributed by atoms with Gasteiger partial charge in [0, 0.05) is 37.8 Å². The van der Waals surface area contributed by atoms with E-state index in [2.05, 4.69) is 5.10 Å². The van der Waals surface area contributed by atoms with Crippen LogP contribution in [-0.2, 0) is 11.3 Å². The fourth-order valence-electron chi connectivity index (χ4n) is 2.97. The Kier molecular flexibility index (Phi) is 5.54. The summed E-state index contributed by atoms with van der Waals surface area (Å²) in [6.45, 7) is 3.44. The molecular formula is C19H22N4O4. The Labute approximate surface area is 157 Å². The van der Waals surface area contributed by atoms with Crippen molar-refractivity contribution in [3.8, 4) is 5.75 Å². The van der Waals surface area contributed by atoms with Gasteiger partial charge in [-0.25, -0.2) is 4.68 Å². The number of methoxy groups -OCH3 is 1. The van der Waals surface area contributed by atoms with Crippen LogP contribution in [0.2, 0.25) is 0 Å². The van der Waals surface area contributed by atoms with Gasteiger partial charge in [-0.2, -0.15) is 5.10 Å². The van der Waals surface area contributed by atoms with Crippen molar-refractivity contribution >= 4 is 11.8 Å². The molecule has 0 spiro atoms. The van der Waals surface area contributed by atoms with Crippen LogP contribution in [0.15, 0.2) is 41.2 Å². The number of carbonyl (C=O) groups is 2. The van der Waals surface area contributed by atoms with Crippen molar-refractivity contribution in [2.45, 2.75) is 13.5 Å². The molecule has 0 N–H and O–H groups in total. The third-order valence-corrected chi connectivity index (χ3v) is 4.54. The summed E-state index contributed by atoms with van der Waals surface area (Å²) in [5.41, 5.74) is 0.964. The van der Waals surface area contributed by atoms with Crippen LogP contribution in [-0.4, -0.2) is 64.7 Å². The maximum absolute atomic E-state index is 12.6. The zero-order valence-corrected chi connectivity index (χ0v) is 15.4. The van der Waals surface area contributed by atoms with Gasteiger partial charge in [0.05, 0.1) is 12.8 Å². The molecule has 1 aliphatic rings. The minimum atomic E-state index is -0.303. The molecule has 1 saturated heterocycles. The topological polar surface area (TPSA) is 84.7 Å². The molecule has 8 nitrogen and oxygen atoms in total. The Morgan fingerprint density at radius 3 is 2.26 bits per heavy atom. The van der Waals surface area contributed by atoms with Crippen LogP contribution >= 0.6 is 0 Å². The standard InChI is InChI=1S/C19H22N4O4/c1-14-3-8-17(24)23(20-14)13-18(25)21-9-11-22(12-10-21)19(26)15-4-6-16(27-2)7-5-15/h3-8H,9-13H2,1-2H3. The molecule has 1 fully saturated rings. The summed E-state index contributed by atoms with van der Waals surface area (Å²) in [5, 5.41) is 4.09. The van der Waals surface area contributed by atoms with Gasteiger partial charge in [-0.05, 0) is 37.3 Å². The number of aryl methyl sites for hydroxylation is 1. The second kappa shape index (κ2) is 8.03. The molecule has 8 heteroatoms. The number of piperazine rings is 1. The molecule has 1 aromatic heterocycles. The van der Waals surface area contributed by atoms with Crippen LogP contribution in [0.1, 0.15) is 16.1 Å². The summed E-state index contributed by atoms with van der Waals surface area (Å²) in [5.74, 6) is 0.454. The van der Waals surface area contributed by atoms with Gasteiger partial charge in [0.2, 0.25) is 5.91 Å². The summed E-state index contributed by atoms with van der Waals surface area (Å²) in [6.07, 6.45) is 0. The molecule has 2 aromatic rings. The van der Waals surface area contributed by atoms with E-state index in [1.807, 2.05) is 0 Å². The molecule has 2 amide bonds. The first-order chi connectivity index (χ1) is 13.0. The molecule has 142 valence electrons. The van der Waals surface area contributed by atoms with E-state index in [4.69, 9.17) is 4.74 Å². The molecule has 0 bridgehead atoms. The van der Waals surface area contributed by atoms with Crippen molar-refractivity contribution in [2.75, 3.05) is 33.3 Å². The van der Waals surface area contributed by atoms with Crippen LogP contribution in [0.25, 0.3) is 0 Å². The molecule has 0 radical (unpaired) electrons. The lowest BCUT2D eigenvalue weighted by atomic mass is 10.1. The zero-order chi connectivity index (χ0) is 19.4. The maximum atomic E-state index is 12.6. The molecular weight excluding hydrogens is 348 g/mol. The monoisotopic (exact) mass is 370 g/mol. The van der Waals surface area contributed by atoms with E-state index in [0.717, 1.165) is 0 Å². The number of carbonyl (C=O) groups excluding carboxylic acids is 2. The summed E-state index contributed by atoms with van der Waals surface area (Å²) in [7, 11) is 1.58. The van der Waals surface area contributed by atoms with Crippen molar-refractivity contribution in [3.63, 3.8) is 0 Å². The Morgan fingerprint density at radius 1 is 1.00 bits per heavy atom. The second-order valence-corrected chi connectivity index (χ2v) is 6.37. The van der Waals surface area contributed by atoms with Crippen molar-refractivity contribution in [1.29, 1.82) is 0 Å². The first-order valence-electron chi connectivity index (χ1n) is 8.74.